The van der Waals surface area contributed by atoms with Gasteiger partial charge in [0.25, 0.3) is 0 Å². The van der Waals surface area contributed by atoms with Gasteiger partial charge in [-0.25, -0.2) is 0 Å². The topological polar surface area (TPSA) is 26.7 Å². The predicted octanol–water partition coefficient (Wildman–Crippen LogP) is 0.537. The Bertz CT molecular complexity index is 186. The number of nitrogens with zero attached hydrogens (tertiary/aromatic N) is 2. The lowest BCUT2D eigenvalue weighted by molar-refractivity contribution is 0.130. The van der Waals surface area contributed by atoms with Gasteiger partial charge in [-0.1, -0.05) is 0 Å². The molecule has 0 spiro atoms. The van der Waals surface area contributed by atoms with Crippen LogP contribution in [0, 0.1) is 0 Å². The summed E-state index contributed by atoms with van der Waals surface area (Å²) in [6.45, 7) is 3.95. The van der Waals surface area contributed by atoms with Gasteiger partial charge in [0.2, 0.25) is 0 Å². The molecule has 0 amide bonds. The van der Waals surface area contributed by atoms with E-state index in [1.807, 2.05) is 0 Å². The number of hydrogen-bond acceptors (Lipinski definition) is 3. The minimum Gasteiger partial charge on any atom is -0.395 e. The van der Waals surface area contributed by atoms with Crippen molar-refractivity contribution in [2.75, 3.05) is 33.3 Å². The molecule has 2 aliphatic rings. The van der Waals surface area contributed by atoms with E-state index in [9.17, 15) is 5.11 Å². The first-order chi connectivity index (χ1) is 6.81. The maximum Gasteiger partial charge on any atom is 0.0586 e. The van der Waals surface area contributed by atoms with Crippen molar-refractivity contribution in [2.24, 2.45) is 0 Å². The summed E-state index contributed by atoms with van der Waals surface area (Å²) in [4.78, 5) is 4.94. The standard InChI is InChI=1S/C11H22N2O/c1-12-6-2-4-10(12)8-13-7-3-5-11(13)9-14/h10-11,14H,2-9H2,1H3/t10-,11-/m0/s1. The fourth-order valence-corrected chi connectivity index (χ4v) is 2.82. The van der Waals surface area contributed by atoms with E-state index in [0.717, 1.165) is 6.04 Å². The van der Waals surface area contributed by atoms with Crippen molar-refractivity contribution in [3.05, 3.63) is 0 Å². The number of aliphatic hydroxyl groups is 1. The zero-order chi connectivity index (χ0) is 9.97. The highest BCUT2D eigenvalue weighted by Gasteiger charge is 2.29. The second kappa shape index (κ2) is 4.60. The molecule has 82 valence electrons. The quantitative estimate of drug-likeness (QED) is 0.717. The van der Waals surface area contributed by atoms with E-state index in [-0.39, 0.29) is 0 Å². The molecule has 2 atom stereocenters. The molecule has 0 aliphatic carbocycles. The lowest BCUT2D eigenvalue weighted by atomic mass is 10.2. The number of hydrogen-bond donors (Lipinski definition) is 1. The first kappa shape index (κ1) is 10.4. The fourth-order valence-electron chi connectivity index (χ4n) is 2.82. The molecular weight excluding hydrogens is 176 g/mol. The fraction of sp³-hybridized carbons (Fsp3) is 1.00. The number of likely N-dealkylation sites (N-methyl/N-ethyl adjacent to an activating group) is 1. The third kappa shape index (κ3) is 2.10. The highest BCUT2D eigenvalue weighted by Crippen LogP contribution is 2.21. The molecule has 0 saturated carbocycles. The minimum absolute atomic E-state index is 0.344. The monoisotopic (exact) mass is 198 g/mol. The Kier molecular flexibility index (Phi) is 3.42. The molecule has 0 aromatic rings. The molecule has 2 saturated heterocycles. The largest absolute Gasteiger partial charge is 0.395 e. The van der Waals surface area contributed by atoms with E-state index < -0.39 is 0 Å². The molecule has 0 aromatic carbocycles. The van der Waals surface area contributed by atoms with Crippen LogP contribution in [-0.4, -0.2) is 60.3 Å². The second-order valence-corrected chi connectivity index (χ2v) is 4.75. The highest BCUT2D eigenvalue weighted by atomic mass is 16.3. The van der Waals surface area contributed by atoms with Gasteiger partial charge in [-0.05, 0) is 45.8 Å². The molecule has 2 aliphatic heterocycles. The maximum atomic E-state index is 9.22. The van der Waals surface area contributed by atoms with Crippen LogP contribution in [0.2, 0.25) is 0 Å². The van der Waals surface area contributed by atoms with Gasteiger partial charge in [-0.2, -0.15) is 0 Å². The highest BCUT2D eigenvalue weighted by molar-refractivity contribution is 4.85. The van der Waals surface area contributed by atoms with E-state index in [1.54, 1.807) is 0 Å². The van der Waals surface area contributed by atoms with Crippen molar-refractivity contribution in [1.29, 1.82) is 0 Å². The zero-order valence-electron chi connectivity index (χ0n) is 9.15. The van der Waals surface area contributed by atoms with Crippen molar-refractivity contribution in [3.8, 4) is 0 Å². The van der Waals surface area contributed by atoms with Crippen molar-refractivity contribution in [2.45, 2.75) is 37.8 Å². The van der Waals surface area contributed by atoms with E-state index in [4.69, 9.17) is 0 Å². The van der Waals surface area contributed by atoms with Crippen LogP contribution in [0.1, 0.15) is 25.7 Å². The third-order valence-electron chi connectivity index (χ3n) is 3.83. The summed E-state index contributed by atoms with van der Waals surface area (Å²) in [5.41, 5.74) is 0. The van der Waals surface area contributed by atoms with Crippen LogP contribution in [-0.2, 0) is 0 Å². The Labute approximate surface area is 86.7 Å². The van der Waals surface area contributed by atoms with Crippen LogP contribution in [0.25, 0.3) is 0 Å². The predicted molar refractivity (Wildman–Crippen MR) is 57.3 cm³/mol. The Hall–Kier alpha value is -0.120. The lowest BCUT2D eigenvalue weighted by Gasteiger charge is -2.29. The number of rotatable bonds is 3. The van der Waals surface area contributed by atoms with Crippen molar-refractivity contribution >= 4 is 0 Å². The van der Waals surface area contributed by atoms with Gasteiger partial charge in [0.15, 0.2) is 0 Å². The normalized spacial score (nSPS) is 35.6. The summed E-state index contributed by atoms with van der Waals surface area (Å²) in [6, 6.07) is 1.19. The van der Waals surface area contributed by atoms with Crippen molar-refractivity contribution in [1.82, 2.24) is 9.80 Å². The average Bonchev–Trinajstić information content (AvgIpc) is 2.77. The van der Waals surface area contributed by atoms with Crippen molar-refractivity contribution in [3.63, 3.8) is 0 Å². The molecule has 0 aromatic heterocycles. The smallest absolute Gasteiger partial charge is 0.0586 e. The molecule has 0 radical (unpaired) electrons. The molecule has 14 heavy (non-hydrogen) atoms. The van der Waals surface area contributed by atoms with Gasteiger partial charge in [0.05, 0.1) is 6.61 Å². The van der Waals surface area contributed by atoms with Crippen LogP contribution in [0.3, 0.4) is 0 Å². The molecule has 0 unspecified atom stereocenters. The SMILES string of the molecule is CN1CCC[C@H]1CN1CCC[C@H]1CO. The van der Waals surface area contributed by atoms with E-state index in [2.05, 4.69) is 16.8 Å². The lowest BCUT2D eigenvalue weighted by Crippen LogP contribution is -2.42. The average molecular weight is 198 g/mol. The molecule has 2 fully saturated rings. The summed E-state index contributed by atoms with van der Waals surface area (Å²) < 4.78 is 0. The Morgan fingerprint density at radius 1 is 1.14 bits per heavy atom. The summed E-state index contributed by atoms with van der Waals surface area (Å²) in [5, 5.41) is 9.22. The molecule has 1 N–H and O–H groups in total. The molecule has 2 rings (SSSR count). The molecular formula is C11H22N2O. The second-order valence-electron chi connectivity index (χ2n) is 4.75. The first-order valence-electron chi connectivity index (χ1n) is 5.86. The molecule has 3 heteroatoms. The molecule has 3 nitrogen and oxygen atoms in total. The Morgan fingerprint density at radius 3 is 2.50 bits per heavy atom. The number of aliphatic hydroxyl groups excluding tert-OH is 1. The number of likely N-dealkylation sites (tertiary alicyclic amines) is 2. The minimum atomic E-state index is 0.344. The van der Waals surface area contributed by atoms with E-state index >= 15 is 0 Å². The van der Waals surface area contributed by atoms with Gasteiger partial charge < -0.3 is 10.0 Å². The summed E-state index contributed by atoms with van der Waals surface area (Å²) in [6.07, 6.45) is 5.14. The van der Waals surface area contributed by atoms with Gasteiger partial charge in [-0.3, -0.25) is 4.90 Å². The van der Waals surface area contributed by atoms with E-state index in [0.29, 0.717) is 12.6 Å². The van der Waals surface area contributed by atoms with Gasteiger partial charge in [-0.15, -0.1) is 0 Å². The third-order valence-corrected chi connectivity index (χ3v) is 3.83. The molecule has 2 heterocycles. The van der Waals surface area contributed by atoms with Crippen LogP contribution < -0.4 is 0 Å². The van der Waals surface area contributed by atoms with Crippen LogP contribution in [0.5, 0.6) is 0 Å². The van der Waals surface area contributed by atoms with Crippen LogP contribution in [0.15, 0.2) is 0 Å². The first-order valence-corrected chi connectivity index (χ1v) is 5.86. The van der Waals surface area contributed by atoms with Crippen LogP contribution >= 0.6 is 0 Å². The van der Waals surface area contributed by atoms with Gasteiger partial charge >= 0.3 is 0 Å². The zero-order valence-corrected chi connectivity index (χ0v) is 9.15. The van der Waals surface area contributed by atoms with E-state index in [1.165, 1.54) is 45.3 Å². The van der Waals surface area contributed by atoms with Crippen LogP contribution in [0.4, 0.5) is 0 Å². The summed E-state index contributed by atoms with van der Waals surface area (Å²) >= 11 is 0. The van der Waals surface area contributed by atoms with Gasteiger partial charge in [0.1, 0.15) is 0 Å². The maximum absolute atomic E-state index is 9.22. The Balaban J connectivity index is 1.83. The summed E-state index contributed by atoms with van der Waals surface area (Å²) in [7, 11) is 2.22. The summed E-state index contributed by atoms with van der Waals surface area (Å²) in [5.74, 6) is 0. The molecule has 0 bridgehead atoms. The van der Waals surface area contributed by atoms with Crippen molar-refractivity contribution < 1.29 is 5.11 Å². The van der Waals surface area contributed by atoms with Gasteiger partial charge in [0, 0.05) is 18.6 Å². The Morgan fingerprint density at radius 2 is 1.86 bits per heavy atom.